The van der Waals surface area contributed by atoms with Gasteiger partial charge in [0, 0.05) is 13.2 Å². The average molecular weight is 285 g/mol. The van der Waals surface area contributed by atoms with Crippen LogP contribution in [0.5, 0.6) is 11.5 Å². The summed E-state index contributed by atoms with van der Waals surface area (Å²) in [5, 5.41) is 0. The van der Waals surface area contributed by atoms with Crippen LogP contribution >= 0.6 is 0 Å². The highest BCUT2D eigenvalue weighted by Crippen LogP contribution is 2.28. The van der Waals surface area contributed by atoms with Gasteiger partial charge in [0.05, 0.1) is 12.8 Å². The quantitative estimate of drug-likeness (QED) is 0.764. The van der Waals surface area contributed by atoms with Gasteiger partial charge >= 0.3 is 0 Å². The van der Waals surface area contributed by atoms with Crippen LogP contribution < -0.4 is 9.47 Å². The lowest BCUT2D eigenvalue weighted by Gasteiger charge is -2.11. The number of hydrogen-bond donors (Lipinski definition) is 0. The number of ketones is 1. The van der Waals surface area contributed by atoms with Crippen molar-refractivity contribution in [2.24, 2.45) is 7.05 Å². The number of Topliss-reactive ketones (excluding diaryl/α,β-unsaturated/α-hetero) is 1. The SMILES string of the molecule is CC=Cc1ccc(OCC(=O)c2cccn2C)c(OC)c1. The summed E-state index contributed by atoms with van der Waals surface area (Å²) in [7, 11) is 3.42. The summed E-state index contributed by atoms with van der Waals surface area (Å²) in [6.45, 7) is 1.94. The van der Waals surface area contributed by atoms with Crippen LogP contribution in [0.4, 0.5) is 0 Å². The number of aromatic nitrogens is 1. The van der Waals surface area contributed by atoms with E-state index in [2.05, 4.69) is 0 Å². The topological polar surface area (TPSA) is 40.5 Å². The fourth-order valence-electron chi connectivity index (χ4n) is 2.07. The zero-order valence-corrected chi connectivity index (χ0v) is 12.5. The van der Waals surface area contributed by atoms with E-state index in [4.69, 9.17) is 9.47 Å². The fraction of sp³-hybridized carbons (Fsp3) is 0.235. The van der Waals surface area contributed by atoms with E-state index in [1.807, 2.05) is 56.6 Å². The highest BCUT2D eigenvalue weighted by molar-refractivity contribution is 5.95. The zero-order valence-electron chi connectivity index (χ0n) is 12.5. The maximum atomic E-state index is 12.1. The number of methoxy groups -OCH3 is 1. The predicted octanol–water partition coefficient (Wildman–Crippen LogP) is 3.33. The van der Waals surface area contributed by atoms with E-state index in [1.165, 1.54) is 0 Å². The van der Waals surface area contributed by atoms with Crippen LogP contribution in [0.2, 0.25) is 0 Å². The van der Waals surface area contributed by atoms with Gasteiger partial charge in [0.2, 0.25) is 5.78 Å². The van der Waals surface area contributed by atoms with Crippen molar-refractivity contribution in [3.8, 4) is 11.5 Å². The first kappa shape index (κ1) is 14.9. The zero-order chi connectivity index (χ0) is 15.2. The van der Waals surface area contributed by atoms with Crippen molar-refractivity contribution >= 4 is 11.9 Å². The summed E-state index contributed by atoms with van der Waals surface area (Å²) in [4.78, 5) is 12.1. The van der Waals surface area contributed by atoms with Crippen LogP contribution in [0.15, 0.2) is 42.6 Å². The first-order chi connectivity index (χ1) is 10.2. The van der Waals surface area contributed by atoms with Crippen molar-refractivity contribution < 1.29 is 14.3 Å². The molecule has 0 aliphatic carbocycles. The number of carbonyl (C=O) groups is 1. The molecule has 21 heavy (non-hydrogen) atoms. The molecule has 2 aromatic rings. The molecule has 1 heterocycles. The molecule has 0 N–H and O–H groups in total. The molecule has 0 fully saturated rings. The number of carbonyl (C=O) groups excluding carboxylic acids is 1. The molecule has 0 aliphatic rings. The number of hydrogen-bond acceptors (Lipinski definition) is 3. The molecule has 110 valence electrons. The minimum Gasteiger partial charge on any atom is -0.493 e. The molecule has 0 spiro atoms. The third-order valence-corrected chi connectivity index (χ3v) is 3.14. The van der Waals surface area contributed by atoms with Crippen LogP contribution in [0.1, 0.15) is 23.0 Å². The molecule has 0 atom stereocenters. The maximum absolute atomic E-state index is 12.1. The van der Waals surface area contributed by atoms with Crippen LogP contribution in [0.3, 0.4) is 0 Å². The molecule has 1 aromatic carbocycles. The van der Waals surface area contributed by atoms with E-state index in [0.717, 1.165) is 5.56 Å². The second-order valence-electron chi connectivity index (χ2n) is 4.63. The first-order valence-corrected chi connectivity index (χ1v) is 6.73. The average Bonchev–Trinajstić information content (AvgIpc) is 2.92. The Kier molecular flexibility index (Phi) is 4.82. The van der Waals surface area contributed by atoms with Crippen molar-refractivity contribution in [2.75, 3.05) is 13.7 Å². The number of nitrogens with zero attached hydrogens (tertiary/aromatic N) is 1. The summed E-state index contributed by atoms with van der Waals surface area (Å²) in [6.07, 6.45) is 5.76. The minimum absolute atomic E-state index is 0.0167. The molecule has 4 heteroatoms. The Hall–Kier alpha value is -2.49. The van der Waals surface area contributed by atoms with Crippen molar-refractivity contribution in [3.63, 3.8) is 0 Å². The molecule has 1 aromatic heterocycles. The molecular formula is C17H19NO3. The number of rotatable bonds is 6. The monoisotopic (exact) mass is 285 g/mol. The Morgan fingerprint density at radius 3 is 2.71 bits per heavy atom. The van der Waals surface area contributed by atoms with Crippen LogP contribution in [-0.2, 0) is 7.05 Å². The molecular weight excluding hydrogens is 266 g/mol. The number of allylic oxidation sites excluding steroid dienone is 1. The Morgan fingerprint density at radius 2 is 2.10 bits per heavy atom. The highest BCUT2D eigenvalue weighted by Gasteiger charge is 2.12. The van der Waals surface area contributed by atoms with E-state index in [0.29, 0.717) is 17.2 Å². The Morgan fingerprint density at radius 1 is 1.29 bits per heavy atom. The molecule has 0 amide bonds. The first-order valence-electron chi connectivity index (χ1n) is 6.73. The second-order valence-corrected chi connectivity index (χ2v) is 4.63. The summed E-state index contributed by atoms with van der Waals surface area (Å²) in [5.41, 5.74) is 1.65. The fourth-order valence-corrected chi connectivity index (χ4v) is 2.07. The van der Waals surface area contributed by atoms with Crippen molar-refractivity contribution in [1.29, 1.82) is 0 Å². The van der Waals surface area contributed by atoms with Gasteiger partial charge in [-0.15, -0.1) is 0 Å². The molecule has 0 saturated heterocycles. The van der Waals surface area contributed by atoms with Gasteiger partial charge in [-0.05, 0) is 36.8 Å². The molecule has 0 bridgehead atoms. The summed E-state index contributed by atoms with van der Waals surface area (Å²) >= 11 is 0. The molecule has 0 unspecified atom stereocenters. The lowest BCUT2D eigenvalue weighted by Crippen LogP contribution is -2.15. The molecule has 0 aliphatic heterocycles. The van der Waals surface area contributed by atoms with Gasteiger partial charge in [0.1, 0.15) is 0 Å². The predicted molar refractivity (Wildman–Crippen MR) is 82.9 cm³/mol. The van der Waals surface area contributed by atoms with Crippen LogP contribution in [0, 0.1) is 0 Å². The van der Waals surface area contributed by atoms with E-state index in [1.54, 1.807) is 17.7 Å². The smallest absolute Gasteiger partial charge is 0.216 e. The highest BCUT2D eigenvalue weighted by atomic mass is 16.5. The molecule has 0 radical (unpaired) electrons. The minimum atomic E-state index is -0.0675. The lowest BCUT2D eigenvalue weighted by molar-refractivity contribution is 0.0911. The van der Waals surface area contributed by atoms with Gasteiger partial charge in [-0.1, -0.05) is 18.2 Å². The Bertz CT molecular complexity index is 656. The number of aryl methyl sites for hydroxylation is 1. The van der Waals surface area contributed by atoms with Gasteiger partial charge in [-0.25, -0.2) is 0 Å². The van der Waals surface area contributed by atoms with Gasteiger partial charge in [-0.2, -0.15) is 0 Å². The summed E-state index contributed by atoms with van der Waals surface area (Å²) in [5.74, 6) is 1.11. The van der Waals surface area contributed by atoms with Crippen molar-refractivity contribution in [2.45, 2.75) is 6.92 Å². The van der Waals surface area contributed by atoms with Gasteiger partial charge in [0.25, 0.3) is 0 Å². The van der Waals surface area contributed by atoms with E-state index in [9.17, 15) is 4.79 Å². The number of benzene rings is 1. The van der Waals surface area contributed by atoms with Crippen LogP contribution in [0.25, 0.3) is 6.08 Å². The van der Waals surface area contributed by atoms with Gasteiger partial charge < -0.3 is 14.0 Å². The van der Waals surface area contributed by atoms with Crippen molar-refractivity contribution in [3.05, 3.63) is 53.9 Å². The van der Waals surface area contributed by atoms with Gasteiger partial charge in [0.15, 0.2) is 18.1 Å². The van der Waals surface area contributed by atoms with Crippen LogP contribution in [-0.4, -0.2) is 24.1 Å². The summed E-state index contributed by atoms with van der Waals surface area (Å²) in [6, 6.07) is 9.22. The normalized spacial score (nSPS) is 10.8. The van der Waals surface area contributed by atoms with E-state index < -0.39 is 0 Å². The molecule has 2 rings (SSSR count). The third kappa shape index (κ3) is 3.54. The van der Waals surface area contributed by atoms with E-state index in [-0.39, 0.29) is 12.4 Å². The molecule has 4 nitrogen and oxygen atoms in total. The Labute approximate surface area is 124 Å². The van der Waals surface area contributed by atoms with Crippen molar-refractivity contribution in [1.82, 2.24) is 4.57 Å². The van der Waals surface area contributed by atoms with E-state index >= 15 is 0 Å². The molecule has 0 saturated carbocycles. The largest absolute Gasteiger partial charge is 0.493 e. The number of ether oxygens (including phenoxy) is 2. The second kappa shape index (κ2) is 6.79. The Balaban J connectivity index is 2.09. The standard InChI is InChI=1S/C17H19NO3/c1-4-6-13-8-9-16(17(11-13)20-3)21-12-15(19)14-7-5-10-18(14)2/h4-11H,12H2,1-3H3. The summed E-state index contributed by atoms with van der Waals surface area (Å²) < 4.78 is 12.7. The maximum Gasteiger partial charge on any atom is 0.216 e. The third-order valence-electron chi connectivity index (χ3n) is 3.14. The lowest BCUT2D eigenvalue weighted by atomic mass is 10.2. The van der Waals surface area contributed by atoms with Gasteiger partial charge in [-0.3, -0.25) is 4.79 Å².